The van der Waals surface area contributed by atoms with Crippen LogP contribution in [0.3, 0.4) is 0 Å². The number of fused-ring (bicyclic) bond motifs is 3. The minimum atomic E-state index is -0.159. The van der Waals surface area contributed by atoms with E-state index in [0.29, 0.717) is 6.42 Å². The van der Waals surface area contributed by atoms with Gasteiger partial charge in [-0.3, -0.25) is 4.79 Å². The molecule has 2 aromatic rings. The minimum absolute atomic E-state index is 0.159. The Kier molecular flexibility index (Phi) is 3.50. The van der Waals surface area contributed by atoms with Gasteiger partial charge in [0.1, 0.15) is 0 Å². The zero-order valence-corrected chi connectivity index (χ0v) is 13.6. The number of benzene rings is 2. The van der Waals surface area contributed by atoms with Crippen molar-refractivity contribution >= 4 is 23.1 Å². The molecule has 23 heavy (non-hydrogen) atoms. The van der Waals surface area contributed by atoms with Crippen LogP contribution in [-0.2, 0) is 17.6 Å². The smallest absolute Gasteiger partial charge is 0.159 e. The fourth-order valence-corrected chi connectivity index (χ4v) is 4.09. The van der Waals surface area contributed by atoms with Crippen LogP contribution in [0.1, 0.15) is 24.0 Å². The Morgan fingerprint density at radius 1 is 1.13 bits per heavy atom. The van der Waals surface area contributed by atoms with Gasteiger partial charge in [0.2, 0.25) is 0 Å². The fourth-order valence-electron chi connectivity index (χ4n) is 3.90. The van der Waals surface area contributed by atoms with E-state index in [1.807, 2.05) is 24.4 Å². The molecule has 0 saturated carbocycles. The van der Waals surface area contributed by atoms with Crippen molar-refractivity contribution in [2.45, 2.75) is 31.2 Å². The van der Waals surface area contributed by atoms with Crippen molar-refractivity contribution in [2.75, 3.05) is 4.90 Å². The lowest BCUT2D eigenvalue weighted by Crippen LogP contribution is -2.54. The predicted octanol–water partition coefficient (Wildman–Crippen LogP) is 4.56. The molecular formula is C20H18ClNO. The quantitative estimate of drug-likeness (QED) is 0.807. The fraction of sp³-hybridized carbons (Fsp3) is 0.250. The molecule has 0 aliphatic carbocycles. The molecule has 0 aromatic heterocycles. The summed E-state index contributed by atoms with van der Waals surface area (Å²) in [7, 11) is 0. The molecule has 0 fully saturated rings. The van der Waals surface area contributed by atoms with E-state index in [9.17, 15) is 4.79 Å². The molecule has 1 unspecified atom stereocenters. The topological polar surface area (TPSA) is 20.3 Å². The molecule has 2 heterocycles. The number of carbonyl (C=O) groups excluding carboxylic acids is 1. The zero-order valence-electron chi connectivity index (χ0n) is 12.8. The number of aryl methyl sites for hydroxylation is 1. The average Bonchev–Trinajstić information content (AvgIpc) is 2.55. The number of rotatable bonds is 2. The molecule has 4 rings (SSSR count). The largest absolute Gasteiger partial charge is 0.341 e. The van der Waals surface area contributed by atoms with Crippen LogP contribution < -0.4 is 4.90 Å². The van der Waals surface area contributed by atoms with E-state index in [0.717, 1.165) is 24.3 Å². The van der Waals surface area contributed by atoms with E-state index in [1.165, 1.54) is 16.8 Å². The van der Waals surface area contributed by atoms with E-state index in [4.69, 9.17) is 11.6 Å². The number of hydrogen-bond donors (Lipinski definition) is 0. The Hall–Kier alpha value is -2.06. The van der Waals surface area contributed by atoms with Crippen LogP contribution in [-0.4, -0.2) is 11.3 Å². The molecule has 2 aromatic carbocycles. The van der Waals surface area contributed by atoms with E-state index >= 15 is 0 Å². The minimum Gasteiger partial charge on any atom is -0.341 e. The first-order valence-electron chi connectivity index (χ1n) is 7.99. The number of allylic oxidation sites excluding steroid dienone is 1. The van der Waals surface area contributed by atoms with Gasteiger partial charge < -0.3 is 4.90 Å². The van der Waals surface area contributed by atoms with Crippen LogP contribution in [0, 0.1) is 0 Å². The molecule has 0 saturated heterocycles. The summed E-state index contributed by atoms with van der Waals surface area (Å²) < 4.78 is 0. The highest BCUT2D eigenvalue weighted by molar-refractivity contribution is 6.30. The van der Waals surface area contributed by atoms with Gasteiger partial charge in [0.25, 0.3) is 0 Å². The van der Waals surface area contributed by atoms with E-state index < -0.39 is 0 Å². The molecule has 116 valence electrons. The Bertz CT molecular complexity index is 783. The first-order chi connectivity index (χ1) is 11.2. The summed E-state index contributed by atoms with van der Waals surface area (Å²) in [5.41, 5.74) is 3.56. The zero-order chi connectivity index (χ0) is 15.9. The maximum atomic E-state index is 12.1. The summed E-state index contributed by atoms with van der Waals surface area (Å²) >= 11 is 6.15. The van der Waals surface area contributed by atoms with Gasteiger partial charge >= 0.3 is 0 Å². The first kappa shape index (κ1) is 14.5. The summed E-state index contributed by atoms with van der Waals surface area (Å²) in [6.45, 7) is 0. The molecule has 2 aliphatic heterocycles. The highest BCUT2D eigenvalue weighted by atomic mass is 35.5. The number of ketones is 1. The van der Waals surface area contributed by atoms with Gasteiger partial charge in [0.15, 0.2) is 5.78 Å². The maximum Gasteiger partial charge on any atom is 0.159 e. The molecule has 0 amide bonds. The summed E-state index contributed by atoms with van der Waals surface area (Å²) in [5, 5.41) is 0.774. The van der Waals surface area contributed by atoms with Crippen LogP contribution in [0.2, 0.25) is 5.02 Å². The lowest BCUT2D eigenvalue weighted by Gasteiger charge is -2.49. The van der Waals surface area contributed by atoms with Gasteiger partial charge in [0, 0.05) is 23.3 Å². The second-order valence-corrected chi connectivity index (χ2v) is 6.93. The molecular weight excluding hydrogens is 306 g/mol. The highest BCUT2D eigenvalue weighted by Crippen LogP contribution is 2.43. The van der Waals surface area contributed by atoms with Gasteiger partial charge in [-0.1, -0.05) is 41.9 Å². The van der Waals surface area contributed by atoms with Crippen LogP contribution in [0.15, 0.2) is 60.8 Å². The number of halogens is 1. The predicted molar refractivity (Wildman–Crippen MR) is 93.9 cm³/mol. The molecule has 1 atom stereocenters. The third-order valence-electron chi connectivity index (χ3n) is 4.96. The van der Waals surface area contributed by atoms with Crippen molar-refractivity contribution in [2.24, 2.45) is 0 Å². The van der Waals surface area contributed by atoms with Crippen molar-refractivity contribution in [1.29, 1.82) is 0 Å². The Morgan fingerprint density at radius 3 is 2.78 bits per heavy atom. The second-order valence-electron chi connectivity index (χ2n) is 6.49. The Balaban J connectivity index is 1.79. The summed E-state index contributed by atoms with van der Waals surface area (Å²) in [6.07, 6.45) is 7.03. The van der Waals surface area contributed by atoms with Crippen molar-refractivity contribution in [3.63, 3.8) is 0 Å². The van der Waals surface area contributed by atoms with Gasteiger partial charge in [-0.05, 0) is 54.7 Å². The third-order valence-corrected chi connectivity index (χ3v) is 5.20. The Labute approximate surface area is 141 Å². The first-order valence-corrected chi connectivity index (χ1v) is 8.37. The lowest BCUT2D eigenvalue weighted by atomic mass is 9.75. The van der Waals surface area contributed by atoms with Crippen molar-refractivity contribution in [3.8, 4) is 0 Å². The van der Waals surface area contributed by atoms with Crippen molar-refractivity contribution in [3.05, 3.63) is 77.0 Å². The van der Waals surface area contributed by atoms with E-state index in [-0.39, 0.29) is 11.3 Å². The standard InChI is InChI=1S/C20H18ClNO/c21-17-6-7-19-16(12-17)8-10-20(13-15-4-2-1-3-5-15)14-18(23)9-11-22(19)20/h1-7,9,11-12H,8,10,13-14H2. The molecule has 0 N–H and O–H groups in total. The second kappa shape index (κ2) is 5.54. The molecule has 3 heteroatoms. The normalized spacial score (nSPS) is 22.7. The summed E-state index contributed by atoms with van der Waals surface area (Å²) in [4.78, 5) is 14.4. The van der Waals surface area contributed by atoms with Crippen LogP contribution in [0.25, 0.3) is 0 Å². The molecule has 2 aliphatic rings. The van der Waals surface area contributed by atoms with E-state index in [1.54, 1.807) is 6.08 Å². The molecule has 2 nitrogen and oxygen atoms in total. The van der Waals surface area contributed by atoms with Gasteiger partial charge in [-0.25, -0.2) is 0 Å². The van der Waals surface area contributed by atoms with Crippen molar-refractivity contribution < 1.29 is 4.79 Å². The molecule has 0 radical (unpaired) electrons. The number of hydrogen-bond acceptors (Lipinski definition) is 2. The van der Waals surface area contributed by atoms with E-state index in [2.05, 4.69) is 35.2 Å². The van der Waals surface area contributed by atoms with Gasteiger partial charge in [-0.15, -0.1) is 0 Å². The number of carbonyl (C=O) groups is 1. The Morgan fingerprint density at radius 2 is 1.96 bits per heavy atom. The SMILES string of the molecule is O=C1C=CN2c3ccc(Cl)cc3CCC2(Cc2ccccc2)C1. The monoisotopic (exact) mass is 323 g/mol. The van der Waals surface area contributed by atoms with Gasteiger partial charge in [0.05, 0.1) is 5.54 Å². The van der Waals surface area contributed by atoms with Crippen molar-refractivity contribution in [1.82, 2.24) is 0 Å². The molecule has 0 spiro atoms. The van der Waals surface area contributed by atoms with Crippen LogP contribution >= 0.6 is 11.6 Å². The number of nitrogens with zero attached hydrogens (tertiary/aromatic N) is 1. The number of anilines is 1. The van der Waals surface area contributed by atoms with Crippen LogP contribution in [0.4, 0.5) is 5.69 Å². The van der Waals surface area contributed by atoms with Crippen LogP contribution in [0.5, 0.6) is 0 Å². The third kappa shape index (κ3) is 2.57. The summed E-state index contributed by atoms with van der Waals surface area (Å²) in [5.74, 6) is 0.217. The summed E-state index contributed by atoms with van der Waals surface area (Å²) in [6, 6.07) is 16.5. The van der Waals surface area contributed by atoms with Gasteiger partial charge in [-0.2, -0.15) is 0 Å². The lowest BCUT2D eigenvalue weighted by molar-refractivity contribution is -0.116. The highest BCUT2D eigenvalue weighted by Gasteiger charge is 2.43. The molecule has 0 bridgehead atoms. The maximum absolute atomic E-state index is 12.1. The average molecular weight is 324 g/mol.